The fraction of sp³-hybridized carbons (Fsp3) is 0.514. The Labute approximate surface area is 306 Å². The number of fused-ring (bicyclic) bond motifs is 1. The summed E-state index contributed by atoms with van der Waals surface area (Å²) in [5.74, 6) is -0.268. The fourth-order valence-corrected chi connectivity index (χ4v) is 8.78. The van der Waals surface area contributed by atoms with Crippen LogP contribution in [0.3, 0.4) is 0 Å². The normalized spacial score (nSPS) is 23.2. The summed E-state index contributed by atoms with van der Waals surface area (Å²) in [4.78, 5) is 52.5. The quantitative estimate of drug-likeness (QED) is 0.126. The molecular formula is C35H43ClN6O7S2. The van der Waals surface area contributed by atoms with Gasteiger partial charge in [-0.3, -0.25) is 9.52 Å². The fourth-order valence-electron chi connectivity index (χ4n) is 6.38. The van der Waals surface area contributed by atoms with Gasteiger partial charge in [-0.25, -0.2) is 23.2 Å². The van der Waals surface area contributed by atoms with Gasteiger partial charge in [0.25, 0.3) is 5.91 Å². The first-order valence-corrected chi connectivity index (χ1v) is 19.8. The Morgan fingerprint density at radius 1 is 1.20 bits per heavy atom. The van der Waals surface area contributed by atoms with Gasteiger partial charge in [0.15, 0.2) is 0 Å². The second-order valence-electron chi connectivity index (χ2n) is 13.7. The molecule has 0 unspecified atom stereocenters. The number of aryl methyl sites for hydroxylation is 1. The van der Waals surface area contributed by atoms with Crippen molar-refractivity contribution in [1.29, 1.82) is 0 Å². The Morgan fingerprint density at radius 3 is 2.65 bits per heavy atom. The molecule has 3 aliphatic rings. The number of carbonyl (C=O) groups excluding carboxylic acids is 3. The number of rotatable bonds is 15. The van der Waals surface area contributed by atoms with Gasteiger partial charge in [-0.05, 0) is 78.2 Å². The first-order chi connectivity index (χ1) is 24.3. The highest BCUT2D eigenvalue weighted by molar-refractivity contribution is 7.91. The number of benzene rings is 1. The standard InChI is InChI=1S/C35H43ClN6O7S2/c1-21-20-50-32(37-21)27-16-29(26-12-13-28(48-4)30(36)31(26)38-27)49-24-15-23(19-43)42(18-24)34(45)39-35(33(44)40-51(46,47)25-10-11-25)17-22(35)9-7-5-6-8-14-41(2)3/h7,9,12-13,16,19-20,22-25H,5-6,8,10-11,14-15,17-18H2,1-4H3,(H,39,45)(H,40,44)/b9-7-/t22-,23+,24+,35-/m1/s1. The number of unbranched alkanes of at least 4 members (excludes halogenated alkanes) is 2. The number of urea groups is 1. The van der Waals surface area contributed by atoms with Gasteiger partial charge in [0.05, 0.1) is 30.5 Å². The zero-order chi connectivity index (χ0) is 36.5. The molecule has 274 valence electrons. The predicted molar refractivity (Wildman–Crippen MR) is 196 cm³/mol. The minimum atomic E-state index is -3.85. The molecule has 2 N–H and O–H groups in total. The van der Waals surface area contributed by atoms with Crippen molar-refractivity contribution in [1.82, 2.24) is 29.8 Å². The number of likely N-dealkylation sites (tertiary alicyclic amines) is 1. The molecule has 16 heteroatoms. The molecule has 0 spiro atoms. The van der Waals surface area contributed by atoms with E-state index in [0.29, 0.717) is 57.3 Å². The third-order valence-electron chi connectivity index (χ3n) is 9.46. The minimum absolute atomic E-state index is 0.0408. The summed E-state index contributed by atoms with van der Waals surface area (Å²) in [5.41, 5.74) is 0.386. The van der Waals surface area contributed by atoms with Crippen molar-refractivity contribution in [3.63, 3.8) is 0 Å². The summed E-state index contributed by atoms with van der Waals surface area (Å²) in [6.07, 6.45) is 8.12. The average molecular weight is 759 g/mol. The third-order valence-corrected chi connectivity index (χ3v) is 12.6. The first kappa shape index (κ1) is 37.0. The van der Waals surface area contributed by atoms with Crippen LogP contribution >= 0.6 is 22.9 Å². The van der Waals surface area contributed by atoms with Gasteiger partial charge in [-0.1, -0.05) is 23.8 Å². The van der Waals surface area contributed by atoms with Crippen LogP contribution in [0.4, 0.5) is 4.79 Å². The Bertz CT molecular complexity index is 1950. The number of halogens is 1. The number of carbonyl (C=O) groups is 3. The second kappa shape index (κ2) is 15.1. The van der Waals surface area contributed by atoms with E-state index < -0.39 is 50.8 Å². The lowest BCUT2D eigenvalue weighted by molar-refractivity contribution is -0.122. The van der Waals surface area contributed by atoms with E-state index in [-0.39, 0.29) is 19.4 Å². The number of nitrogens with zero attached hydrogens (tertiary/aromatic N) is 4. The number of amides is 3. The summed E-state index contributed by atoms with van der Waals surface area (Å²) < 4.78 is 39.6. The molecule has 2 aliphatic carbocycles. The summed E-state index contributed by atoms with van der Waals surface area (Å²) in [6.45, 7) is 2.89. The lowest BCUT2D eigenvalue weighted by Crippen LogP contribution is -2.56. The zero-order valence-corrected chi connectivity index (χ0v) is 31.4. The van der Waals surface area contributed by atoms with E-state index in [4.69, 9.17) is 26.1 Å². The number of thiazole rings is 1. The molecule has 6 rings (SSSR count). The third kappa shape index (κ3) is 8.16. The van der Waals surface area contributed by atoms with Crippen molar-refractivity contribution in [3.05, 3.63) is 46.4 Å². The molecule has 0 radical (unpaired) electrons. The molecule has 13 nitrogen and oxygen atoms in total. The van der Waals surface area contributed by atoms with Crippen LogP contribution in [0, 0.1) is 12.8 Å². The van der Waals surface area contributed by atoms with Crippen molar-refractivity contribution in [3.8, 4) is 22.2 Å². The smallest absolute Gasteiger partial charge is 0.319 e. The molecule has 2 saturated carbocycles. The summed E-state index contributed by atoms with van der Waals surface area (Å²) in [7, 11) is 1.70. The first-order valence-electron chi connectivity index (χ1n) is 17.0. The van der Waals surface area contributed by atoms with Gasteiger partial charge < -0.3 is 29.4 Å². The number of hydrogen-bond acceptors (Lipinski definition) is 11. The molecule has 2 aromatic heterocycles. The maximum Gasteiger partial charge on any atom is 0.319 e. The number of ether oxygens (including phenoxy) is 2. The number of nitrogens with one attached hydrogen (secondary N) is 2. The molecule has 0 bridgehead atoms. The van der Waals surface area contributed by atoms with E-state index in [2.05, 4.69) is 19.9 Å². The van der Waals surface area contributed by atoms with Crippen molar-refractivity contribution in [2.24, 2.45) is 5.92 Å². The van der Waals surface area contributed by atoms with Crippen LogP contribution in [0.1, 0.15) is 50.6 Å². The maximum absolute atomic E-state index is 13.9. The Kier molecular flexibility index (Phi) is 10.9. The molecule has 1 saturated heterocycles. The van der Waals surface area contributed by atoms with Crippen LogP contribution < -0.4 is 19.5 Å². The van der Waals surface area contributed by atoms with E-state index in [1.165, 1.54) is 23.3 Å². The molecule has 4 atom stereocenters. The Hall–Kier alpha value is -3.79. The summed E-state index contributed by atoms with van der Waals surface area (Å²) in [6, 6.07) is 3.78. The van der Waals surface area contributed by atoms with Crippen molar-refractivity contribution < 1.29 is 32.3 Å². The van der Waals surface area contributed by atoms with Gasteiger partial charge in [-0.2, -0.15) is 0 Å². The highest BCUT2D eigenvalue weighted by Gasteiger charge is 2.62. The molecule has 1 aromatic carbocycles. The summed E-state index contributed by atoms with van der Waals surface area (Å²) in [5, 5.41) is 5.74. The molecule has 1 aliphatic heterocycles. The summed E-state index contributed by atoms with van der Waals surface area (Å²) >= 11 is 8.12. The number of allylic oxidation sites excluding steroid dienone is 1. The highest BCUT2D eigenvalue weighted by atomic mass is 35.5. The van der Waals surface area contributed by atoms with Crippen LogP contribution in [-0.4, -0.2) is 104 Å². The molecule has 3 heterocycles. The molecular weight excluding hydrogens is 716 g/mol. The van der Waals surface area contributed by atoms with E-state index in [9.17, 15) is 22.8 Å². The van der Waals surface area contributed by atoms with E-state index >= 15 is 0 Å². The zero-order valence-electron chi connectivity index (χ0n) is 29.1. The number of hydrogen-bond donors (Lipinski definition) is 2. The largest absolute Gasteiger partial charge is 0.495 e. The molecule has 3 fully saturated rings. The second-order valence-corrected chi connectivity index (χ2v) is 16.9. The van der Waals surface area contributed by atoms with Gasteiger partial charge in [-0.15, -0.1) is 11.3 Å². The van der Waals surface area contributed by atoms with E-state index in [0.717, 1.165) is 31.5 Å². The van der Waals surface area contributed by atoms with E-state index in [1.54, 1.807) is 18.2 Å². The predicted octanol–water partition coefficient (Wildman–Crippen LogP) is 4.71. The Morgan fingerprint density at radius 2 is 1.98 bits per heavy atom. The average Bonchev–Trinajstić information content (AvgIpc) is 3.98. The van der Waals surface area contributed by atoms with E-state index in [1.807, 2.05) is 38.6 Å². The number of aldehydes is 1. The minimum Gasteiger partial charge on any atom is -0.495 e. The van der Waals surface area contributed by atoms with Gasteiger partial charge >= 0.3 is 6.03 Å². The van der Waals surface area contributed by atoms with Crippen molar-refractivity contribution in [2.75, 3.05) is 34.3 Å². The van der Waals surface area contributed by atoms with Gasteiger partial charge in [0.2, 0.25) is 10.0 Å². The van der Waals surface area contributed by atoms with Gasteiger partial charge in [0, 0.05) is 34.9 Å². The lowest BCUT2D eigenvalue weighted by atomic mass is 10.1. The Balaban J connectivity index is 1.20. The number of aromatic nitrogens is 2. The number of methoxy groups -OCH3 is 1. The van der Waals surface area contributed by atoms with Gasteiger partial charge in [0.1, 0.15) is 45.2 Å². The van der Waals surface area contributed by atoms with Crippen LogP contribution in [0.2, 0.25) is 5.02 Å². The monoisotopic (exact) mass is 758 g/mol. The van der Waals surface area contributed by atoms with Crippen molar-refractivity contribution in [2.45, 2.75) is 74.8 Å². The number of sulfonamides is 1. The topological polar surface area (TPSA) is 160 Å². The van der Waals surface area contributed by atoms with Crippen LogP contribution in [0.25, 0.3) is 21.6 Å². The SMILES string of the molecule is COc1ccc2c(O[C@H]3C[C@@H](C=O)N(C(=O)N[C@]4(C(=O)NS(=O)(=O)C5CC5)C[C@H]4/C=C\CCCCN(C)C)C3)cc(-c3nc(C)cs3)nc2c1Cl. The lowest BCUT2D eigenvalue weighted by Gasteiger charge is -2.25. The number of pyridine rings is 1. The van der Waals surface area contributed by atoms with Crippen LogP contribution in [0.15, 0.2) is 35.7 Å². The molecule has 51 heavy (non-hydrogen) atoms. The molecule has 3 amide bonds. The van der Waals surface area contributed by atoms with Crippen LogP contribution in [0.5, 0.6) is 11.5 Å². The van der Waals surface area contributed by atoms with Crippen molar-refractivity contribution >= 4 is 62.1 Å². The highest BCUT2D eigenvalue weighted by Crippen LogP contribution is 2.46. The maximum atomic E-state index is 13.9. The molecule has 3 aromatic rings. The van der Waals surface area contributed by atoms with Crippen LogP contribution in [-0.2, 0) is 19.6 Å².